The molecule has 6 heteroatoms. The van der Waals surface area contributed by atoms with Crippen LogP contribution >= 0.6 is 0 Å². The van der Waals surface area contributed by atoms with Crippen molar-refractivity contribution in [3.8, 4) is 23.0 Å². The van der Waals surface area contributed by atoms with Gasteiger partial charge in [-0.05, 0) is 42.3 Å². The van der Waals surface area contributed by atoms with Crippen LogP contribution in [0.3, 0.4) is 0 Å². The van der Waals surface area contributed by atoms with Crippen molar-refractivity contribution in [2.24, 2.45) is 5.73 Å². The fourth-order valence-corrected chi connectivity index (χ4v) is 2.45. The van der Waals surface area contributed by atoms with Crippen LogP contribution in [-0.2, 0) is 6.61 Å². The number of nitrogens with two attached hydrogens (primary N) is 1. The van der Waals surface area contributed by atoms with Gasteiger partial charge in [0.25, 0.3) is 0 Å². The van der Waals surface area contributed by atoms with Crippen molar-refractivity contribution >= 4 is 0 Å². The molecular formula is C19H25NO5. The van der Waals surface area contributed by atoms with Gasteiger partial charge in [0.15, 0.2) is 11.5 Å². The number of ether oxygens (including phenoxy) is 4. The Hall–Kier alpha value is -2.44. The molecule has 0 spiro atoms. The SMILES string of the molecule is COc1cc(COc2ccc(C(O)C(C)N)cc2)cc(OC)c1OC. The Morgan fingerprint density at radius 3 is 1.96 bits per heavy atom. The molecule has 2 aromatic carbocycles. The zero-order chi connectivity index (χ0) is 18.4. The Labute approximate surface area is 148 Å². The van der Waals surface area contributed by atoms with Crippen LogP contribution in [0.15, 0.2) is 36.4 Å². The van der Waals surface area contributed by atoms with E-state index in [0.29, 0.717) is 29.6 Å². The van der Waals surface area contributed by atoms with E-state index in [9.17, 15) is 5.11 Å². The van der Waals surface area contributed by atoms with Gasteiger partial charge >= 0.3 is 0 Å². The molecule has 6 nitrogen and oxygen atoms in total. The van der Waals surface area contributed by atoms with Crippen molar-refractivity contribution in [3.05, 3.63) is 47.5 Å². The van der Waals surface area contributed by atoms with Gasteiger partial charge in [0.2, 0.25) is 5.75 Å². The van der Waals surface area contributed by atoms with Crippen LogP contribution in [0.5, 0.6) is 23.0 Å². The van der Waals surface area contributed by atoms with E-state index in [-0.39, 0.29) is 6.04 Å². The lowest BCUT2D eigenvalue weighted by Crippen LogP contribution is -2.24. The number of aliphatic hydroxyl groups excluding tert-OH is 1. The van der Waals surface area contributed by atoms with Crippen molar-refractivity contribution in [3.63, 3.8) is 0 Å². The fraction of sp³-hybridized carbons (Fsp3) is 0.368. The molecule has 25 heavy (non-hydrogen) atoms. The van der Waals surface area contributed by atoms with Gasteiger partial charge in [0, 0.05) is 6.04 Å². The van der Waals surface area contributed by atoms with Crippen molar-refractivity contribution in [2.45, 2.75) is 25.7 Å². The average Bonchev–Trinajstić information content (AvgIpc) is 2.64. The quantitative estimate of drug-likeness (QED) is 0.764. The molecule has 0 aromatic heterocycles. The van der Waals surface area contributed by atoms with Crippen molar-refractivity contribution in [1.82, 2.24) is 0 Å². The highest BCUT2D eigenvalue weighted by atomic mass is 16.5. The van der Waals surface area contributed by atoms with Crippen molar-refractivity contribution in [1.29, 1.82) is 0 Å². The van der Waals surface area contributed by atoms with Gasteiger partial charge in [-0.1, -0.05) is 12.1 Å². The molecule has 0 saturated carbocycles. The Morgan fingerprint density at radius 1 is 0.960 bits per heavy atom. The van der Waals surface area contributed by atoms with E-state index in [4.69, 9.17) is 24.7 Å². The second-order valence-corrected chi connectivity index (χ2v) is 5.70. The maximum Gasteiger partial charge on any atom is 0.203 e. The van der Waals surface area contributed by atoms with Crippen LogP contribution in [-0.4, -0.2) is 32.5 Å². The van der Waals surface area contributed by atoms with Gasteiger partial charge in [-0.3, -0.25) is 0 Å². The van der Waals surface area contributed by atoms with Gasteiger partial charge in [-0.25, -0.2) is 0 Å². The van der Waals surface area contributed by atoms with Gasteiger partial charge in [0.05, 0.1) is 27.4 Å². The standard InChI is InChI=1S/C19H25NO5/c1-12(20)18(21)14-5-7-15(8-6-14)25-11-13-9-16(22-2)19(24-4)17(10-13)23-3/h5-10,12,18,21H,11,20H2,1-4H3. The zero-order valence-corrected chi connectivity index (χ0v) is 15.0. The molecule has 136 valence electrons. The molecule has 3 N–H and O–H groups in total. The Morgan fingerprint density at radius 2 is 1.52 bits per heavy atom. The lowest BCUT2D eigenvalue weighted by molar-refractivity contribution is 0.153. The van der Waals surface area contributed by atoms with Crippen LogP contribution in [0.2, 0.25) is 0 Å². The lowest BCUT2D eigenvalue weighted by atomic mass is 10.0. The summed E-state index contributed by atoms with van der Waals surface area (Å²) in [5.74, 6) is 2.39. The second kappa shape index (κ2) is 8.60. The molecule has 0 aliphatic heterocycles. The third-order valence-corrected chi connectivity index (χ3v) is 3.85. The molecule has 2 aromatic rings. The van der Waals surface area contributed by atoms with Gasteiger partial charge < -0.3 is 29.8 Å². The number of aliphatic hydroxyl groups is 1. The molecule has 2 rings (SSSR count). The third-order valence-electron chi connectivity index (χ3n) is 3.85. The van der Waals surface area contributed by atoms with E-state index in [2.05, 4.69) is 0 Å². The summed E-state index contributed by atoms with van der Waals surface area (Å²) in [6.07, 6.45) is -0.691. The minimum Gasteiger partial charge on any atom is -0.493 e. The predicted molar refractivity (Wildman–Crippen MR) is 95.5 cm³/mol. The molecule has 0 saturated heterocycles. The summed E-state index contributed by atoms with van der Waals surface area (Å²) in [6, 6.07) is 10.6. The van der Waals surface area contributed by atoms with E-state index < -0.39 is 6.10 Å². The lowest BCUT2D eigenvalue weighted by Gasteiger charge is -2.16. The molecule has 2 atom stereocenters. The molecule has 0 radical (unpaired) electrons. The van der Waals surface area contributed by atoms with Crippen LogP contribution in [0.1, 0.15) is 24.2 Å². The number of methoxy groups -OCH3 is 3. The Kier molecular flexibility index (Phi) is 6.50. The van der Waals surface area contributed by atoms with Crippen LogP contribution in [0.4, 0.5) is 0 Å². The van der Waals surface area contributed by atoms with E-state index in [1.165, 1.54) is 0 Å². The zero-order valence-electron chi connectivity index (χ0n) is 15.0. The molecule has 0 aliphatic carbocycles. The third kappa shape index (κ3) is 4.55. The first-order valence-corrected chi connectivity index (χ1v) is 7.95. The molecule has 0 bridgehead atoms. The molecular weight excluding hydrogens is 322 g/mol. The van der Waals surface area contributed by atoms with Crippen molar-refractivity contribution in [2.75, 3.05) is 21.3 Å². The van der Waals surface area contributed by atoms with Gasteiger partial charge in [0.1, 0.15) is 12.4 Å². The summed E-state index contributed by atoms with van der Waals surface area (Å²) in [5.41, 5.74) is 7.35. The Balaban J connectivity index is 2.11. The number of rotatable bonds is 8. The smallest absolute Gasteiger partial charge is 0.203 e. The van der Waals surface area contributed by atoms with Crippen LogP contribution < -0.4 is 24.7 Å². The highest BCUT2D eigenvalue weighted by molar-refractivity contribution is 5.53. The first-order valence-electron chi connectivity index (χ1n) is 7.95. The maximum atomic E-state index is 9.96. The summed E-state index contributed by atoms with van der Waals surface area (Å²) >= 11 is 0. The number of hydrogen-bond acceptors (Lipinski definition) is 6. The number of hydrogen-bond donors (Lipinski definition) is 2. The topological polar surface area (TPSA) is 83.2 Å². The minimum atomic E-state index is -0.691. The molecule has 0 amide bonds. The fourth-order valence-electron chi connectivity index (χ4n) is 2.45. The van der Waals surface area contributed by atoms with Gasteiger partial charge in [-0.2, -0.15) is 0 Å². The summed E-state index contributed by atoms with van der Waals surface area (Å²) in [6.45, 7) is 2.10. The van der Waals surface area contributed by atoms with Gasteiger partial charge in [-0.15, -0.1) is 0 Å². The minimum absolute atomic E-state index is 0.328. The van der Waals surface area contributed by atoms with E-state index in [1.54, 1.807) is 52.5 Å². The van der Waals surface area contributed by atoms with E-state index >= 15 is 0 Å². The summed E-state index contributed by atoms with van der Waals surface area (Å²) in [4.78, 5) is 0. The highest BCUT2D eigenvalue weighted by Crippen LogP contribution is 2.38. The van der Waals surface area contributed by atoms with Crippen LogP contribution in [0, 0.1) is 0 Å². The van der Waals surface area contributed by atoms with E-state index in [0.717, 1.165) is 11.1 Å². The molecule has 2 unspecified atom stereocenters. The molecule has 0 fully saturated rings. The second-order valence-electron chi connectivity index (χ2n) is 5.70. The van der Waals surface area contributed by atoms with E-state index in [1.807, 2.05) is 12.1 Å². The van der Waals surface area contributed by atoms with Crippen molar-refractivity contribution < 1.29 is 24.1 Å². The maximum absolute atomic E-state index is 9.96. The first kappa shape index (κ1) is 18.9. The molecule has 0 aliphatic rings. The summed E-state index contributed by atoms with van der Waals surface area (Å²) in [7, 11) is 4.71. The first-order chi connectivity index (χ1) is 12.0. The summed E-state index contributed by atoms with van der Waals surface area (Å²) in [5, 5.41) is 9.96. The molecule has 0 heterocycles. The highest BCUT2D eigenvalue weighted by Gasteiger charge is 2.14. The normalized spacial score (nSPS) is 13.0. The predicted octanol–water partition coefficient (Wildman–Crippen LogP) is 2.67. The summed E-state index contributed by atoms with van der Waals surface area (Å²) < 4.78 is 21.8. The monoisotopic (exact) mass is 347 g/mol. The van der Waals surface area contributed by atoms with Crippen LogP contribution in [0.25, 0.3) is 0 Å². The largest absolute Gasteiger partial charge is 0.493 e. The average molecular weight is 347 g/mol. The Bertz CT molecular complexity index is 660. The number of benzene rings is 2.